The molecule has 40 heavy (non-hydrogen) atoms. The number of benzene rings is 5. The number of aromatic nitrogens is 1. The van der Waals surface area contributed by atoms with Crippen molar-refractivity contribution >= 4 is 33.2 Å². The summed E-state index contributed by atoms with van der Waals surface area (Å²) in [5, 5.41) is 10.3. The maximum Gasteiger partial charge on any atom is 0.103 e. The number of rotatable bonds is 3. The summed E-state index contributed by atoms with van der Waals surface area (Å²) in [7, 11) is 0. The highest BCUT2D eigenvalue weighted by Gasteiger charge is 2.32. The summed E-state index contributed by atoms with van der Waals surface area (Å²) in [5.74, 6) is 0. The Bertz CT molecular complexity index is 1870. The lowest BCUT2D eigenvalue weighted by molar-refractivity contribution is 0.453. The van der Waals surface area contributed by atoms with E-state index in [0.29, 0.717) is 0 Å². The molecule has 4 heteroatoms. The molecule has 2 aliphatic rings. The maximum atomic E-state index is 3.88. The van der Waals surface area contributed by atoms with Crippen molar-refractivity contribution in [3.8, 4) is 5.69 Å². The maximum absolute atomic E-state index is 3.88. The molecule has 0 amide bonds. The van der Waals surface area contributed by atoms with Gasteiger partial charge in [0, 0.05) is 34.4 Å². The normalized spacial score (nSPS) is 16.9. The van der Waals surface area contributed by atoms with Gasteiger partial charge in [-0.3, -0.25) is 5.32 Å². The van der Waals surface area contributed by atoms with E-state index in [4.69, 9.17) is 0 Å². The van der Waals surface area contributed by atoms with E-state index in [9.17, 15) is 0 Å². The molecule has 0 aliphatic carbocycles. The van der Waals surface area contributed by atoms with Crippen LogP contribution in [0.5, 0.6) is 0 Å². The highest BCUT2D eigenvalue weighted by molar-refractivity contribution is 6.17. The summed E-state index contributed by atoms with van der Waals surface area (Å²) < 4.78 is 2.41. The van der Waals surface area contributed by atoms with Crippen LogP contribution >= 0.6 is 0 Å². The summed E-state index contributed by atoms with van der Waals surface area (Å²) >= 11 is 0. The van der Waals surface area contributed by atoms with Crippen LogP contribution in [0.25, 0.3) is 27.5 Å². The molecule has 1 unspecified atom stereocenters. The number of fused-ring (bicyclic) bond motifs is 5. The monoisotopic (exact) mass is 518 g/mol. The van der Waals surface area contributed by atoms with Gasteiger partial charge in [0.2, 0.25) is 0 Å². The fourth-order valence-corrected chi connectivity index (χ4v) is 6.55. The first kappa shape index (κ1) is 23.1. The molecule has 0 bridgehead atoms. The van der Waals surface area contributed by atoms with E-state index in [0.717, 1.165) is 19.4 Å². The second kappa shape index (κ2) is 9.44. The number of hydrogen-bond donors (Lipinski definition) is 2. The first-order valence-electron chi connectivity index (χ1n) is 14.1. The topological polar surface area (TPSA) is 32.2 Å². The van der Waals surface area contributed by atoms with Crippen molar-refractivity contribution in [2.75, 3.05) is 11.4 Å². The number of anilines is 2. The third kappa shape index (κ3) is 3.64. The van der Waals surface area contributed by atoms with Crippen molar-refractivity contribution in [3.63, 3.8) is 0 Å². The second-order valence-electron chi connectivity index (χ2n) is 10.6. The van der Waals surface area contributed by atoms with Gasteiger partial charge >= 0.3 is 0 Å². The Kier molecular flexibility index (Phi) is 5.45. The lowest BCUT2D eigenvalue weighted by Gasteiger charge is -2.36. The van der Waals surface area contributed by atoms with Crippen LogP contribution in [0.2, 0.25) is 0 Å². The van der Waals surface area contributed by atoms with Gasteiger partial charge in [0.05, 0.1) is 22.4 Å². The van der Waals surface area contributed by atoms with Crippen molar-refractivity contribution in [2.45, 2.75) is 19.0 Å². The fraction of sp³-hybridized carbons (Fsp3) is 0.111. The Balaban J connectivity index is 1.39. The van der Waals surface area contributed by atoms with Gasteiger partial charge in [0.1, 0.15) is 6.17 Å². The minimum Gasteiger partial charge on any atom is -0.368 e. The van der Waals surface area contributed by atoms with Crippen LogP contribution in [0.4, 0.5) is 11.4 Å². The van der Waals surface area contributed by atoms with Gasteiger partial charge in [-0.1, -0.05) is 91.0 Å². The predicted octanol–water partition coefficient (Wildman–Crippen LogP) is 7.97. The van der Waals surface area contributed by atoms with Crippen LogP contribution in [0, 0.1) is 0 Å². The van der Waals surface area contributed by atoms with Crippen molar-refractivity contribution in [1.29, 1.82) is 0 Å². The standard InChI is InChI=1S/C36H30N4/c1-4-12-26(13-5-1)36-37-24-33-30(38-36)22-20-25-21-23-32-34(35(25)40(33)28-16-8-3-9-17-28)29-18-10-11-19-31(29)39(32)27-14-6-2-7-15-27/h1-19,21,23,36-38H,20,22,24H2. The molecule has 3 heterocycles. The lowest BCUT2D eigenvalue weighted by atomic mass is 10.0. The van der Waals surface area contributed by atoms with Gasteiger partial charge in [-0.2, -0.15) is 0 Å². The third-order valence-electron chi connectivity index (χ3n) is 8.33. The Morgan fingerprint density at radius 1 is 0.600 bits per heavy atom. The number of para-hydroxylation sites is 3. The Morgan fingerprint density at radius 2 is 1.27 bits per heavy atom. The molecule has 0 fully saturated rings. The molecule has 1 aromatic heterocycles. The summed E-state index contributed by atoms with van der Waals surface area (Å²) in [6, 6.07) is 45.8. The van der Waals surface area contributed by atoms with Crippen LogP contribution in [-0.4, -0.2) is 11.1 Å². The Labute approximate surface area is 234 Å². The summed E-state index contributed by atoms with van der Waals surface area (Å²) in [6.07, 6.45) is 2.05. The molecular formula is C36H30N4. The third-order valence-corrected chi connectivity index (χ3v) is 8.33. The smallest absolute Gasteiger partial charge is 0.103 e. The van der Waals surface area contributed by atoms with Crippen LogP contribution in [0.15, 0.2) is 139 Å². The number of allylic oxidation sites excluding steroid dienone is 1. The van der Waals surface area contributed by atoms with E-state index in [1.54, 1.807) is 0 Å². The van der Waals surface area contributed by atoms with Crippen LogP contribution in [-0.2, 0) is 6.42 Å². The van der Waals surface area contributed by atoms with Gasteiger partial charge in [-0.25, -0.2) is 0 Å². The zero-order valence-corrected chi connectivity index (χ0v) is 22.2. The zero-order chi connectivity index (χ0) is 26.5. The highest BCUT2D eigenvalue weighted by Crippen LogP contribution is 2.46. The van der Waals surface area contributed by atoms with Gasteiger partial charge in [0.25, 0.3) is 0 Å². The van der Waals surface area contributed by atoms with Crippen LogP contribution < -0.4 is 15.5 Å². The van der Waals surface area contributed by atoms with Crippen LogP contribution in [0.3, 0.4) is 0 Å². The number of nitrogens with one attached hydrogen (secondary N) is 2. The SMILES string of the molecule is c1ccc(C2NCC3=C(CCc4ccc5c(c4N3c3ccccc3)c3ccccc3n5-c3ccccc3)N2)cc1. The average molecular weight is 519 g/mol. The van der Waals surface area contributed by atoms with E-state index in [-0.39, 0.29) is 6.17 Å². The number of nitrogens with zero attached hydrogens (tertiary/aromatic N) is 2. The van der Waals surface area contributed by atoms with E-state index < -0.39 is 0 Å². The average Bonchev–Trinajstić information content (AvgIpc) is 3.27. The largest absolute Gasteiger partial charge is 0.368 e. The summed E-state index contributed by atoms with van der Waals surface area (Å²) in [4.78, 5) is 2.52. The van der Waals surface area contributed by atoms with Gasteiger partial charge in [-0.15, -0.1) is 0 Å². The van der Waals surface area contributed by atoms with Gasteiger partial charge < -0.3 is 14.8 Å². The molecular weight excluding hydrogens is 488 g/mol. The molecule has 2 N–H and O–H groups in total. The Hall–Kier alpha value is -4.80. The minimum absolute atomic E-state index is 0.0961. The number of hydrogen-bond acceptors (Lipinski definition) is 3. The van der Waals surface area contributed by atoms with E-state index >= 15 is 0 Å². The lowest BCUT2D eigenvalue weighted by Crippen LogP contribution is -2.43. The van der Waals surface area contributed by atoms with Crippen molar-refractivity contribution in [3.05, 3.63) is 150 Å². The van der Waals surface area contributed by atoms with Gasteiger partial charge in [0.15, 0.2) is 0 Å². The van der Waals surface area contributed by atoms with E-state index in [2.05, 4.69) is 147 Å². The molecule has 8 rings (SSSR count). The summed E-state index contributed by atoms with van der Waals surface area (Å²) in [5.41, 5.74) is 11.4. The molecule has 5 aromatic carbocycles. The first-order chi connectivity index (χ1) is 19.9. The number of aryl methyl sites for hydroxylation is 1. The quantitative estimate of drug-likeness (QED) is 0.249. The molecule has 0 saturated heterocycles. The first-order valence-corrected chi connectivity index (χ1v) is 14.1. The molecule has 2 aliphatic heterocycles. The van der Waals surface area contributed by atoms with Crippen molar-refractivity contribution in [2.24, 2.45) is 0 Å². The molecule has 1 atom stereocenters. The summed E-state index contributed by atoms with van der Waals surface area (Å²) in [6.45, 7) is 0.782. The minimum atomic E-state index is 0.0961. The molecule has 0 spiro atoms. The second-order valence-corrected chi connectivity index (χ2v) is 10.6. The van der Waals surface area contributed by atoms with E-state index in [1.165, 1.54) is 61.4 Å². The molecule has 0 saturated carbocycles. The van der Waals surface area contributed by atoms with Crippen LogP contribution in [0.1, 0.15) is 23.7 Å². The zero-order valence-electron chi connectivity index (χ0n) is 22.2. The highest BCUT2D eigenvalue weighted by atomic mass is 15.3. The molecule has 0 radical (unpaired) electrons. The molecule has 194 valence electrons. The predicted molar refractivity (Wildman–Crippen MR) is 165 cm³/mol. The van der Waals surface area contributed by atoms with Crippen molar-refractivity contribution in [1.82, 2.24) is 15.2 Å². The van der Waals surface area contributed by atoms with Gasteiger partial charge in [-0.05, 0) is 60.4 Å². The molecule has 6 aromatic rings. The fourth-order valence-electron chi connectivity index (χ4n) is 6.55. The van der Waals surface area contributed by atoms with E-state index in [1.807, 2.05) is 0 Å². The Morgan fingerprint density at radius 3 is 2.05 bits per heavy atom. The van der Waals surface area contributed by atoms with Crippen molar-refractivity contribution < 1.29 is 0 Å². The molecule has 4 nitrogen and oxygen atoms in total.